The summed E-state index contributed by atoms with van der Waals surface area (Å²) >= 11 is 3.99. The lowest BCUT2D eigenvalue weighted by Crippen LogP contribution is -2.30. The highest BCUT2D eigenvalue weighted by Crippen LogP contribution is 2.52. The zero-order valence-electron chi connectivity index (χ0n) is 15.9. The van der Waals surface area contributed by atoms with Gasteiger partial charge in [0.15, 0.2) is 0 Å². The zero-order valence-corrected chi connectivity index (χ0v) is 17.5. The molecule has 2 aliphatic carbocycles. The van der Waals surface area contributed by atoms with E-state index in [2.05, 4.69) is 74.8 Å². The summed E-state index contributed by atoms with van der Waals surface area (Å²) in [6.07, 6.45) is 6.90. The van der Waals surface area contributed by atoms with Crippen molar-refractivity contribution in [1.82, 2.24) is 9.97 Å². The van der Waals surface area contributed by atoms with Gasteiger partial charge in [-0.1, -0.05) is 52.3 Å². The molecule has 0 saturated heterocycles. The number of aryl methyl sites for hydroxylation is 1. The van der Waals surface area contributed by atoms with E-state index in [1.807, 2.05) is 12.1 Å². The summed E-state index contributed by atoms with van der Waals surface area (Å²) in [4.78, 5) is 7.37. The minimum absolute atomic E-state index is 0.159. The van der Waals surface area contributed by atoms with Crippen LogP contribution >= 0.6 is 15.9 Å². The Kier molecular flexibility index (Phi) is 3.89. The molecular weight excluding hydrogens is 422 g/mol. The molecule has 4 unspecified atom stereocenters. The number of aromatic amines is 2. The van der Waals surface area contributed by atoms with Crippen LogP contribution < -0.4 is 0 Å². The number of alkyl halides is 1. The molecule has 0 saturated carbocycles. The standard InChI is InChI=1S/C25H20BrN3/c26-24-18(12-15(13-27)23-17-6-2-4-8-21(17)29-25(23)24)14-9-10-22-19(11-14)16-5-1-3-7-20(16)28-22/h1-8,14-15,18,24,28-29H,9-11H2. The number of halogens is 1. The summed E-state index contributed by atoms with van der Waals surface area (Å²) in [7, 11) is 0. The lowest BCUT2D eigenvalue weighted by atomic mass is 9.69. The molecule has 2 N–H and O–H groups in total. The van der Waals surface area contributed by atoms with Crippen molar-refractivity contribution in [3.8, 4) is 6.07 Å². The van der Waals surface area contributed by atoms with Crippen molar-refractivity contribution < 1.29 is 0 Å². The predicted octanol–water partition coefficient (Wildman–Crippen LogP) is 6.21. The first-order chi connectivity index (χ1) is 14.2. The molecule has 4 aromatic rings. The maximum absolute atomic E-state index is 9.94. The molecule has 3 nitrogen and oxygen atoms in total. The molecule has 2 aromatic heterocycles. The second-order valence-electron chi connectivity index (χ2n) is 8.28. The van der Waals surface area contributed by atoms with Crippen LogP contribution in [-0.2, 0) is 12.8 Å². The number of aromatic nitrogens is 2. The highest BCUT2D eigenvalue weighted by atomic mass is 79.9. The Morgan fingerprint density at radius 1 is 1.00 bits per heavy atom. The molecule has 4 atom stereocenters. The third kappa shape index (κ3) is 2.53. The Bertz CT molecular complexity index is 1270. The normalized spacial score (nSPS) is 26.2. The fourth-order valence-corrected chi connectivity index (χ4v) is 6.38. The lowest BCUT2D eigenvalue weighted by Gasteiger charge is -2.37. The Balaban J connectivity index is 1.40. The maximum Gasteiger partial charge on any atom is 0.0808 e. The van der Waals surface area contributed by atoms with E-state index >= 15 is 0 Å². The lowest BCUT2D eigenvalue weighted by molar-refractivity contribution is 0.313. The van der Waals surface area contributed by atoms with Crippen LogP contribution in [0.3, 0.4) is 0 Å². The van der Waals surface area contributed by atoms with Crippen molar-refractivity contribution in [1.29, 1.82) is 5.26 Å². The number of rotatable bonds is 1. The van der Waals surface area contributed by atoms with Gasteiger partial charge in [0.25, 0.3) is 0 Å². The van der Waals surface area contributed by atoms with Crippen molar-refractivity contribution in [2.24, 2.45) is 11.8 Å². The van der Waals surface area contributed by atoms with E-state index in [1.165, 1.54) is 22.2 Å². The van der Waals surface area contributed by atoms with Gasteiger partial charge in [0.05, 0.1) is 16.8 Å². The van der Waals surface area contributed by atoms with Crippen LogP contribution in [0.5, 0.6) is 0 Å². The van der Waals surface area contributed by atoms with Crippen LogP contribution in [0.4, 0.5) is 0 Å². The molecule has 2 radical (unpaired) electrons. The molecule has 0 spiro atoms. The number of nitrogens with one attached hydrogen (secondary N) is 2. The third-order valence-electron chi connectivity index (χ3n) is 6.79. The molecule has 2 heterocycles. The summed E-state index contributed by atoms with van der Waals surface area (Å²) < 4.78 is 0. The second-order valence-corrected chi connectivity index (χ2v) is 9.27. The largest absolute Gasteiger partial charge is 0.358 e. The Labute approximate surface area is 178 Å². The molecule has 29 heavy (non-hydrogen) atoms. The molecular formula is C25H20BrN3. The quantitative estimate of drug-likeness (QED) is 0.339. The van der Waals surface area contributed by atoms with Gasteiger partial charge in [-0.2, -0.15) is 5.26 Å². The fourth-order valence-electron chi connectivity index (χ4n) is 5.43. The molecule has 0 fully saturated rings. The Hall–Kier alpha value is -2.51. The van der Waals surface area contributed by atoms with Gasteiger partial charge in [-0.25, -0.2) is 0 Å². The SMILES string of the molecule is N#CC1[C]C(C2CCc3[nH]c4ccccc4c3C2)C(Br)c2[nH]c3ccccc3c21. The summed E-state index contributed by atoms with van der Waals surface area (Å²) in [6.45, 7) is 0. The predicted molar refractivity (Wildman–Crippen MR) is 119 cm³/mol. The van der Waals surface area contributed by atoms with E-state index in [4.69, 9.17) is 0 Å². The zero-order chi connectivity index (χ0) is 19.5. The Morgan fingerprint density at radius 3 is 2.52 bits per heavy atom. The number of benzene rings is 2. The molecule has 2 aliphatic rings. The van der Waals surface area contributed by atoms with Gasteiger partial charge < -0.3 is 9.97 Å². The van der Waals surface area contributed by atoms with E-state index in [0.29, 0.717) is 5.92 Å². The minimum Gasteiger partial charge on any atom is -0.358 e. The van der Waals surface area contributed by atoms with Crippen molar-refractivity contribution in [3.63, 3.8) is 0 Å². The number of para-hydroxylation sites is 2. The van der Waals surface area contributed by atoms with Crippen LogP contribution in [0.15, 0.2) is 48.5 Å². The number of fused-ring (bicyclic) bond motifs is 6. The first-order valence-electron chi connectivity index (χ1n) is 10.2. The third-order valence-corrected chi connectivity index (χ3v) is 7.81. The van der Waals surface area contributed by atoms with Gasteiger partial charge in [0.2, 0.25) is 0 Å². The van der Waals surface area contributed by atoms with Gasteiger partial charge in [-0.15, -0.1) is 0 Å². The smallest absolute Gasteiger partial charge is 0.0808 e. The van der Waals surface area contributed by atoms with E-state index in [9.17, 15) is 5.26 Å². The average Bonchev–Trinajstić information content (AvgIpc) is 3.33. The summed E-state index contributed by atoms with van der Waals surface area (Å²) in [5, 5.41) is 12.4. The van der Waals surface area contributed by atoms with E-state index in [1.54, 1.807) is 0 Å². The maximum atomic E-state index is 9.94. The van der Waals surface area contributed by atoms with E-state index in [-0.39, 0.29) is 16.7 Å². The van der Waals surface area contributed by atoms with Crippen molar-refractivity contribution >= 4 is 37.7 Å². The van der Waals surface area contributed by atoms with Gasteiger partial charge in [0, 0.05) is 39.6 Å². The van der Waals surface area contributed by atoms with Crippen molar-refractivity contribution in [3.05, 3.63) is 77.5 Å². The van der Waals surface area contributed by atoms with E-state index < -0.39 is 0 Å². The van der Waals surface area contributed by atoms with Gasteiger partial charge in [-0.05, 0) is 54.4 Å². The van der Waals surface area contributed by atoms with Crippen molar-refractivity contribution in [2.75, 3.05) is 0 Å². The summed E-state index contributed by atoms with van der Waals surface area (Å²) in [5.41, 5.74) is 7.43. The topological polar surface area (TPSA) is 55.4 Å². The van der Waals surface area contributed by atoms with Crippen LogP contribution in [0.2, 0.25) is 0 Å². The van der Waals surface area contributed by atoms with Crippen LogP contribution in [-0.4, -0.2) is 9.97 Å². The molecule has 0 bridgehead atoms. The molecule has 6 rings (SSSR count). The molecule has 142 valence electrons. The number of hydrogen-bond donors (Lipinski definition) is 2. The number of nitrogens with zero attached hydrogens (tertiary/aromatic N) is 1. The monoisotopic (exact) mass is 441 g/mol. The molecule has 4 heteroatoms. The van der Waals surface area contributed by atoms with E-state index in [0.717, 1.165) is 41.4 Å². The summed E-state index contributed by atoms with van der Waals surface area (Å²) in [6, 6.07) is 19.4. The van der Waals surface area contributed by atoms with Gasteiger partial charge >= 0.3 is 0 Å². The van der Waals surface area contributed by atoms with Crippen molar-refractivity contribution in [2.45, 2.75) is 30.0 Å². The number of hydrogen-bond acceptors (Lipinski definition) is 1. The number of nitriles is 1. The highest BCUT2D eigenvalue weighted by Gasteiger charge is 2.42. The first kappa shape index (κ1) is 17.4. The van der Waals surface area contributed by atoms with Crippen LogP contribution in [0.1, 0.15) is 39.7 Å². The highest BCUT2D eigenvalue weighted by molar-refractivity contribution is 9.09. The molecule has 0 amide bonds. The summed E-state index contributed by atoms with van der Waals surface area (Å²) in [5.74, 6) is 0.396. The van der Waals surface area contributed by atoms with Crippen LogP contribution in [0, 0.1) is 29.6 Å². The van der Waals surface area contributed by atoms with Gasteiger partial charge in [0.1, 0.15) is 0 Å². The molecule has 0 aliphatic heterocycles. The van der Waals surface area contributed by atoms with Crippen LogP contribution in [0.25, 0.3) is 21.8 Å². The number of H-pyrrole nitrogens is 2. The fraction of sp³-hybridized carbons (Fsp3) is 0.280. The Morgan fingerprint density at radius 2 is 1.72 bits per heavy atom. The average molecular weight is 442 g/mol. The first-order valence-corrected chi connectivity index (χ1v) is 11.1. The second kappa shape index (κ2) is 6.50. The molecule has 2 aromatic carbocycles. The minimum atomic E-state index is -0.288. The van der Waals surface area contributed by atoms with Gasteiger partial charge in [-0.3, -0.25) is 0 Å².